The van der Waals surface area contributed by atoms with Gasteiger partial charge in [0.1, 0.15) is 5.82 Å². The quantitative estimate of drug-likeness (QED) is 0.901. The molecule has 6 heteroatoms. The van der Waals surface area contributed by atoms with Gasteiger partial charge < -0.3 is 9.64 Å². The Labute approximate surface area is 131 Å². The fraction of sp³-hybridized carbons (Fsp3) is 0.625. The number of carbonyl (C=O) groups excluding carboxylic acids is 1. The topological polar surface area (TPSA) is 57.7 Å². The van der Waals surface area contributed by atoms with Gasteiger partial charge in [-0.1, -0.05) is 13.0 Å². The monoisotopic (exact) mass is 304 g/mol. The average Bonchev–Trinajstić information content (AvgIpc) is 2.90. The Hall–Kier alpha value is -1.66. The Morgan fingerprint density at radius 1 is 1.32 bits per heavy atom. The predicted molar refractivity (Wildman–Crippen MR) is 84.9 cm³/mol. The number of rotatable bonds is 2. The second-order valence-electron chi connectivity index (χ2n) is 6.19. The minimum atomic E-state index is -0.0549. The van der Waals surface area contributed by atoms with Gasteiger partial charge in [-0.15, -0.1) is 0 Å². The molecule has 1 aromatic heterocycles. The van der Waals surface area contributed by atoms with Crippen molar-refractivity contribution in [3.8, 4) is 0 Å². The molecule has 2 fully saturated rings. The molecular weight excluding hydrogens is 280 g/mol. The molecule has 2 aliphatic heterocycles. The summed E-state index contributed by atoms with van der Waals surface area (Å²) in [4.78, 5) is 21.1. The number of aromatic nitrogens is 1. The molecule has 3 rings (SSSR count). The number of amides is 2. The van der Waals surface area contributed by atoms with E-state index in [-0.39, 0.29) is 6.03 Å². The van der Waals surface area contributed by atoms with Crippen LogP contribution < -0.4 is 5.32 Å². The summed E-state index contributed by atoms with van der Waals surface area (Å²) < 4.78 is 5.42. The van der Waals surface area contributed by atoms with Crippen molar-refractivity contribution in [3.05, 3.63) is 23.9 Å². The molecule has 3 heterocycles. The van der Waals surface area contributed by atoms with E-state index in [0.29, 0.717) is 17.8 Å². The van der Waals surface area contributed by atoms with Gasteiger partial charge in [-0.05, 0) is 25.0 Å². The Morgan fingerprint density at radius 3 is 2.82 bits per heavy atom. The first kappa shape index (κ1) is 15.2. The van der Waals surface area contributed by atoms with Crippen LogP contribution in [0.25, 0.3) is 0 Å². The fourth-order valence-electron chi connectivity index (χ4n) is 3.30. The summed E-state index contributed by atoms with van der Waals surface area (Å²) in [6.07, 6.45) is 0. The van der Waals surface area contributed by atoms with Gasteiger partial charge in [0.05, 0.1) is 13.2 Å². The summed E-state index contributed by atoms with van der Waals surface area (Å²) in [5.74, 6) is 1.10. The lowest BCUT2D eigenvalue weighted by Gasteiger charge is -2.33. The molecule has 0 bridgehead atoms. The zero-order chi connectivity index (χ0) is 15.5. The Morgan fingerprint density at radius 2 is 2.09 bits per heavy atom. The van der Waals surface area contributed by atoms with Gasteiger partial charge in [0.25, 0.3) is 0 Å². The third kappa shape index (κ3) is 3.39. The maximum absolute atomic E-state index is 12.4. The van der Waals surface area contributed by atoms with Gasteiger partial charge in [0, 0.05) is 37.9 Å². The van der Waals surface area contributed by atoms with Crippen LogP contribution in [-0.2, 0) is 4.74 Å². The van der Waals surface area contributed by atoms with Crippen LogP contribution in [0.3, 0.4) is 0 Å². The number of nitrogens with zero attached hydrogens (tertiary/aromatic N) is 3. The first-order valence-electron chi connectivity index (χ1n) is 7.95. The van der Waals surface area contributed by atoms with Crippen LogP contribution in [0.1, 0.15) is 12.6 Å². The van der Waals surface area contributed by atoms with Gasteiger partial charge in [-0.2, -0.15) is 0 Å². The van der Waals surface area contributed by atoms with Crippen molar-refractivity contribution in [3.63, 3.8) is 0 Å². The minimum Gasteiger partial charge on any atom is -0.379 e. The van der Waals surface area contributed by atoms with Gasteiger partial charge in [0.2, 0.25) is 0 Å². The van der Waals surface area contributed by atoms with Crippen molar-refractivity contribution in [2.24, 2.45) is 5.92 Å². The number of urea groups is 1. The van der Waals surface area contributed by atoms with Crippen LogP contribution in [0.5, 0.6) is 0 Å². The van der Waals surface area contributed by atoms with E-state index in [1.807, 2.05) is 30.0 Å². The Balaban J connectivity index is 1.59. The van der Waals surface area contributed by atoms with E-state index >= 15 is 0 Å². The molecule has 0 spiro atoms. The number of pyridine rings is 1. The van der Waals surface area contributed by atoms with E-state index in [9.17, 15) is 4.79 Å². The lowest BCUT2D eigenvalue weighted by molar-refractivity contribution is 0.0123. The molecule has 0 aromatic carbocycles. The first-order chi connectivity index (χ1) is 10.6. The van der Waals surface area contributed by atoms with Crippen LogP contribution in [-0.4, -0.2) is 66.2 Å². The maximum atomic E-state index is 12.4. The number of ether oxygens (including phenoxy) is 1. The standard InChI is InChI=1S/C16H24N4O2/c1-12-10-20(11-14(12)19-6-8-22-9-7-19)16(21)18-15-5-3-4-13(2)17-15/h3-5,12,14H,6-11H2,1-2H3,(H,17,18,21)/t12-,14-/m0/s1. The molecule has 1 aromatic rings. The van der Waals surface area contributed by atoms with Crippen molar-refractivity contribution in [2.75, 3.05) is 44.7 Å². The fourth-order valence-corrected chi connectivity index (χ4v) is 3.30. The summed E-state index contributed by atoms with van der Waals surface area (Å²) in [5, 5.41) is 2.90. The summed E-state index contributed by atoms with van der Waals surface area (Å²) in [5.41, 5.74) is 0.902. The number of aryl methyl sites for hydroxylation is 1. The molecule has 1 N–H and O–H groups in total. The molecule has 0 unspecified atom stereocenters. The van der Waals surface area contributed by atoms with Crippen molar-refractivity contribution in [1.82, 2.24) is 14.8 Å². The molecular formula is C16H24N4O2. The molecule has 2 aliphatic rings. The number of likely N-dealkylation sites (tertiary alicyclic amines) is 1. The van der Waals surface area contributed by atoms with E-state index in [1.54, 1.807) is 0 Å². The molecule has 120 valence electrons. The van der Waals surface area contributed by atoms with E-state index in [1.165, 1.54) is 0 Å². The lowest BCUT2D eigenvalue weighted by atomic mass is 10.0. The molecule has 6 nitrogen and oxygen atoms in total. The maximum Gasteiger partial charge on any atom is 0.323 e. The highest BCUT2D eigenvalue weighted by atomic mass is 16.5. The zero-order valence-corrected chi connectivity index (χ0v) is 13.3. The summed E-state index contributed by atoms with van der Waals surface area (Å²) in [6, 6.07) is 6.02. The van der Waals surface area contributed by atoms with Gasteiger partial charge in [-0.3, -0.25) is 10.2 Å². The number of anilines is 1. The summed E-state index contributed by atoms with van der Waals surface area (Å²) >= 11 is 0. The number of carbonyl (C=O) groups is 1. The molecule has 2 atom stereocenters. The highest BCUT2D eigenvalue weighted by Crippen LogP contribution is 2.23. The zero-order valence-electron chi connectivity index (χ0n) is 13.3. The molecule has 22 heavy (non-hydrogen) atoms. The first-order valence-corrected chi connectivity index (χ1v) is 7.95. The van der Waals surface area contributed by atoms with Crippen molar-refractivity contribution in [2.45, 2.75) is 19.9 Å². The number of hydrogen-bond donors (Lipinski definition) is 1. The Bertz CT molecular complexity index is 531. The number of hydrogen-bond acceptors (Lipinski definition) is 4. The third-order valence-electron chi connectivity index (χ3n) is 4.50. The molecule has 2 amide bonds. The minimum absolute atomic E-state index is 0.0549. The van der Waals surface area contributed by atoms with E-state index in [0.717, 1.165) is 45.1 Å². The predicted octanol–water partition coefficient (Wildman–Crippen LogP) is 1.57. The number of morpholine rings is 1. The molecule has 2 saturated heterocycles. The van der Waals surface area contributed by atoms with Crippen molar-refractivity contribution < 1.29 is 9.53 Å². The van der Waals surface area contributed by atoms with Crippen molar-refractivity contribution >= 4 is 11.8 Å². The second-order valence-corrected chi connectivity index (χ2v) is 6.19. The molecule has 0 saturated carbocycles. The van der Waals surface area contributed by atoms with Crippen LogP contribution in [0.2, 0.25) is 0 Å². The SMILES string of the molecule is Cc1cccc(NC(=O)N2C[C@H](C)[C@@H](N3CCOCC3)C2)n1. The Kier molecular flexibility index (Phi) is 4.59. The van der Waals surface area contributed by atoms with Crippen LogP contribution in [0.15, 0.2) is 18.2 Å². The molecule has 0 aliphatic carbocycles. The largest absolute Gasteiger partial charge is 0.379 e. The van der Waals surface area contributed by atoms with Crippen LogP contribution in [0, 0.1) is 12.8 Å². The molecule has 0 radical (unpaired) electrons. The summed E-state index contributed by atoms with van der Waals surface area (Å²) in [7, 11) is 0. The van der Waals surface area contributed by atoms with E-state index in [2.05, 4.69) is 22.1 Å². The smallest absolute Gasteiger partial charge is 0.323 e. The highest BCUT2D eigenvalue weighted by Gasteiger charge is 2.36. The van der Waals surface area contributed by atoms with Gasteiger partial charge >= 0.3 is 6.03 Å². The number of nitrogens with one attached hydrogen (secondary N) is 1. The average molecular weight is 304 g/mol. The van der Waals surface area contributed by atoms with Crippen LogP contribution in [0.4, 0.5) is 10.6 Å². The second kappa shape index (κ2) is 6.62. The lowest BCUT2D eigenvalue weighted by Crippen LogP contribution is -2.47. The summed E-state index contributed by atoms with van der Waals surface area (Å²) in [6.45, 7) is 9.22. The van der Waals surface area contributed by atoms with Gasteiger partial charge in [0.15, 0.2) is 0 Å². The third-order valence-corrected chi connectivity index (χ3v) is 4.50. The highest BCUT2D eigenvalue weighted by molar-refractivity contribution is 5.88. The van der Waals surface area contributed by atoms with E-state index < -0.39 is 0 Å². The van der Waals surface area contributed by atoms with Crippen LogP contribution >= 0.6 is 0 Å². The normalized spacial score (nSPS) is 26.2. The van der Waals surface area contributed by atoms with Crippen molar-refractivity contribution in [1.29, 1.82) is 0 Å². The van der Waals surface area contributed by atoms with E-state index in [4.69, 9.17) is 4.74 Å². The van der Waals surface area contributed by atoms with Gasteiger partial charge in [-0.25, -0.2) is 9.78 Å².